The summed E-state index contributed by atoms with van der Waals surface area (Å²) in [7, 11) is 0. The van der Waals surface area contributed by atoms with Gasteiger partial charge in [-0.2, -0.15) is 5.26 Å². The molecule has 4 nitrogen and oxygen atoms in total. The summed E-state index contributed by atoms with van der Waals surface area (Å²) in [5.74, 6) is 0.893. The monoisotopic (exact) mass is 245 g/mol. The van der Waals surface area contributed by atoms with Gasteiger partial charge in [-0.05, 0) is 24.3 Å². The van der Waals surface area contributed by atoms with Crippen LogP contribution in [-0.2, 0) is 0 Å². The van der Waals surface area contributed by atoms with Crippen molar-refractivity contribution in [2.24, 2.45) is 0 Å². The first kappa shape index (κ1) is 11.2. The molecule has 1 aromatic heterocycles. The molecule has 5 heteroatoms. The third-order valence-corrected chi connectivity index (χ3v) is 2.40. The second-order valence-corrected chi connectivity index (χ2v) is 3.65. The van der Waals surface area contributed by atoms with Gasteiger partial charge in [0.2, 0.25) is 0 Å². The number of ether oxygens (including phenoxy) is 1. The average Bonchev–Trinajstić information content (AvgIpc) is 2.34. The fourth-order valence-electron chi connectivity index (χ4n) is 1.26. The Morgan fingerprint density at radius 1 is 1.35 bits per heavy atom. The lowest BCUT2D eigenvalue weighted by Crippen LogP contribution is -1.92. The van der Waals surface area contributed by atoms with E-state index in [1.54, 1.807) is 30.3 Å². The molecule has 0 amide bonds. The molecule has 1 aromatic carbocycles. The van der Waals surface area contributed by atoms with Gasteiger partial charge in [-0.15, -0.1) is 0 Å². The Bertz CT molecular complexity index is 593. The van der Waals surface area contributed by atoms with Gasteiger partial charge in [-0.3, -0.25) is 0 Å². The van der Waals surface area contributed by atoms with E-state index in [9.17, 15) is 0 Å². The molecule has 0 unspecified atom stereocenters. The molecule has 0 saturated heterocycles. The number of anilines is 1. The lowest BCUT2D eigenvalue weighted by Gasteiger charge is -2.07. The Morgan fingerprint density at radius 3 is 2.88 bits per heavy atom. The number of hydrogen-bond donors (Lipinski definition) is 1. The van der Waals surface area contributed by atoms with Gasteiger partial charge in [0.05, 0.1) is 10.7 Å². The van der Waals surface area contributed by atoms with Crippen molar-refractivity contribution in [3.05, 3.63) is 47.2 Å². The van der Waals surface area contributed by atoms with Crippen LogP contribution in [0, 0.1) is 11.3 Å². The third kappa shape index (κ3) is 2.47. The van der Waals surface area contributed by atoms with Gasteiger partial charge in [-0.25, -0.2) is 4.98 Å². The Morgan fingerprint density at radius 2 is 2.18 bits per heavy atom. The van der Waals surface area contributed by atoms with Gasteiger partial charge < -0.3 is 10.5 Å². The second-order valence-electron chi connectivity index (χ2n) is 3.25. The highest BCUT2D eigenvalue weighted by atomic mass is 35.5. The second kappa shape index (κ2) is 4.73. The van der Waals surface area contributed by atoms with Crippen LogP contribution in [0.15, 0.2) is 36.5 Å². The molecular weight excluding hydrogens is 238 g/mol. The van der Waals surface area contributed by atoms with Crippen molar-refractivity contribution in [3.8, 4) is 17.6 Å². The van der Waals surface area contributed by atoms with Crippen LogP contribution in [0.1, 0.15) is 5.69 Å². The van der Waals surface area contributed by atoms with Gasteiger partial charge >= 0.3 is 0 Å². The number of nitrogens with zero attached hydrogens (tertiary/aromatic N) is 2. The number of nitrogen functional groups attached to an aromatic ring is 1. The summed E-state index contributed by atoms with van der Waals surface area (Å²) in [6.07, 6.45) is 1.53. The molecule has 0 bridgehead atoms. The smallest absolute Gasteiger partial charge is 0.183 e. The van der Waals surface area contributed by atoms with E-state index in [-0.39, 0.29) is 5.69 Å². The maximum atomic E-state index is 8.86. The van der Waals surface area contributed by atoms with Crippen LogP contribution in [-0.4, -0.2) is 4.98 Å². The van der Waals surface area contributed by atoms with Crippen molar-refractivity contribution in [1.29, 1.82) is 5.26 Å². The summed E-state index contributed by atoms with van der Waals surface area (Å²) in [5.41, 5.74) is 6.29. The van der Waals surface area contributed by atoms with Crippen molar-refractivity contribution in [2.75, 3.05) is 5.73 Å². The number of nitriles is 1. The van der Waals surface area contributed by atoms with E-state index >= 15 is 0 Å². The molecule has 17 heavy (non-hydrogen) atoms. The average molecular weight is 246 g/mol. The van der Waals surface area contributed by atoms with Crippen LogP contribution in [0.2, 0.25) is 5.02 Å². The number of hydrogen-bond acceptors (Lipinski definition) is 4. The van der Waals surface area contributed by atoms with E-state index in [2.05, 4.69) is 4.98 Å². The van der Waals surface area contributed by atoms with Crippen LogP contribution in [0.4, 0.5) is 5.69 Å². The summed E-state index contributed by atoms with van der Waals surface area (Å²) in [5, 5.41) is 9.26. The van der Waals surface area contributed by atoms with Gasteiger partial charge in [0.15, 0.2) is 11.4 Å². The normalized spacial score (nSPS) is 9.65. The number of halogens is 1. The van der Waals surface area contributed by atoms with Crippen LogP contribution < -0.4 is 10.5 Å². The summed E-state index contributed by atoms with van der Waals surface area (Å²) < 4.78 is 5.51. The highest BCUT2D eigenvalue weighted by Crippen LogP contribution is 2.28. The van der Waals surface area contributed by atoms with E-state index < -0.39 is 0 Å². The van der Waals surface area contributed by atoms with Crippen LogP contribution >= 0.6 is 11.6 Å². The summed E-state index contributed by atoms with van der Waals surface area (Å²) in [6.45, 7) is 0. The molecule has 0 spiro atoms. The van der Waals surface area contributed by atoms with Crippen molar-refractivity contribution < 1.29 is 4.74 Å². The molecule has 0 atom stereocenters. The predicted octanol–water partition coefficient (Wildman–Crippen LogP) is 2.98. The van der Waals surface area contributed by atoms with Crippen LogP contribution in [0.5, 0.6) is 11.5 Å². The zero-order valence-corrected chi connectivity index (χ0v) is 9.48. The molecule has 1 heterocycles. The Kier molecular flexibility index (Phi) is 3.12. The molecule has 0 aliphatic heterocycles. The first-order chi connectivity index (χ1) is 8.20. The Balaban J connectivity index is 2.32. The zero-order valence-electron chi connectivity index (χ0n) is 8.72. The number of nitrogens with two attached hydrogens (primary N) is 1. The largest absolute Gasteiger partial charge is 0.454 e. The lowest BCUT2D eigenvalue weighted by molar-refractivity contribution is 0.478. The maximum Gasteiger partial charge on any atom is 0.183 e. The van der Waals surface area contributed by atoms with E-state index in [1.165, 1.54) is 6.20 Å². The molecule has 0 aliphatic rings. The van der Waals surface area contributed by atoms with E-state index in [0.29, 0.717) is 22.2 Å². The molecule has 0 aliphatic carbocycles. The van der Waals surface area contributed by atoms with Gasteiger partial charge in [-0.1, -0.05) is 11.6 Å². The van der Waals surface area contributed by atoms with E-state index in [0.717, 1.165) is 0 Å². The van der Waals surface area contributed by atoms with Gasteiger partial charge in [0, 0.05) is 12.3 Å². The summed E-state index contributed by atoms with van der Waals surface area (Å²) >= 11 is 5.87. The van der Waals surface area contributed by atoms with Gasteiger partial charge in [0.25, 0.3) is 0 Å². The van der Waals surface area contributed by atoms with Crippen molar-refractivity contribution in [1.82, 2.24) is 4.98 Å². The quantitative estimate of drug-likeness (QED) is 0.826. The highest BCUT2D eigenvalue weighted by molar-refractivity contribution is 6.33. The standard InChI is InChI=1S/C12H8ClN3O/c13-9-6-8(3-4-10(9)15)17-12-2-1-5-16-11(12)7-14/h1-6H,15H2. The van der Waals surface area contributed by atoms with Crippen LogP contribution in [0.3, 0.4) is 0 Å². The van der Waals surface area contributed by atoms with Gasteiger partial charge in [0.1, 0.15) is 11.8 Å². The maximum absolute atomic E-state index is 8.86. The summed E-state index contributed by atoms with van der Waals surface area (Å²) in [6, 6.07) is 10.2. The van der Waals surface area contributed by atoms with Crippen molar-refractivity contribution in [3.63, 3.8) is 0 Å². The van der Waals surface area contributed by atoms with E-state index in [4.69, 9.17) is 27.3 Å². The zero-order chi connectivity index (χ0) is 12.3. The number of aromatic nitrogens is 1. The lowest BCUT2D eigenvalue weighted by atomic mass is 10.3. The minimum Gasteiger partial charge on any atom is -0.454 e. The Labute approximate surface area is 103 Å². The molecule has 2 N–H and O–H groups in total. The van der Waals surface area contributed by atoms with E-state index in [1.807, 2.05) is 6.07 Å². The SMILES string of the molecule is N#Cc1ncccc1Oc1ccc(N)c(Cl)c1. The first-order valence-corrected chi connectivity index (χ1v) is 5.16. The van der Waals surface area contributed by atoms with Crippen LogP contribution in [0.25, 0.3) is 0 Å². The predicted molar refractivity (Wildman–Crippen MR) is 64.9 cm³/mol. The minimum absolute atomic E-state index is 0.223. The number of pyridine rings is 1. The molecule has 0 saturated carbocycles. The highest BCUT2D eigenvalue weighted by Gasteiger charge is 2.06. The fraction of sp³-hybridized carbons (Fsp3) is 0. The fourth-order valence-corrected chi connectivity index (χ4v) is 1.43. The third-order valence-electron chi connectivity index (χ3n) is 2.08. The molecule has 0 radical (unpaired) electrons. The molecule has 0 fully saturated rings. The van der Waals surface area contributed by atoms with Crippen molar-refractivity contribution >= 4 is 17.3 Å². The molecule has 2 aromatic rings. The minimum atomic E-state index is 0.223. The van der Waals surface area contributed by atoms with Crippen molar-refractivity contribution in [2.45, 2.75) is 0 Å². The number of benzene rings is 1. The summed E-state index contributed by atoms with van der Waals surface area (Å²) in [4.78, 5) is 3.89. The molecule has 84 valence electrons. The molecular formula is C12H8ClN3O. The first-order valence-electron chi connectivity index (χ1n) is 4.78. The molecule has 2 rings (SSSR count). The number of rotatable bonds is 2. The Hall–Kier alpha value is -2.25. The topological polar surface area (TPSA) is 71.9 Å².